The van der Waals surface area contributed by atoms with Crippen LogP contribution in [0.1, 0.15) is 36.4 Å². The molecule has 1 aromatic heterocycles. The summed E-state index contributed by atoms with van der Waals surface area (Å²) >= 11 is 1.07. The molecule has 0 fully saturated rings. The highest BCUT2D eigenvalue weighted by Gasteiger charge is 2.11. The van der Waals surface area contributed by atoms with Crippen molar-refractivity contribution >= 4 is 28.2 Å². The third-order valence-corrected chi connectivity index (χ3v) is 3.30. The summed E-state index contributed by atoms with van der Waals surface area (Å²) < 4.78 is 0. The number of amides is 1. The molecule has 1 rings (SSSR count). The van der Waals surface area contributed by atoms with Crippen molar-refractivity contribution in [2.75, 3.05) is 5.32 Å². The summed E-state index contributed by atoms with van der Waals surface area (Å²) in [4.78, 5) is 22.4. The first kappa shape index (κ1) is 12.7. The number of carboxylic acid groups (broad SMARTS) is 1. The molecule has 0 aliphatic carbocycles. The molecule has 0 saturated heterocycles. The van der Waals surface area contributed by atoms with Gasteiger partial charge in [-0.25, -0.2) is 4.79 Å². The van der Waals surface area contributed by atoms with Gasteiger partial charge in [0, 0.05) is 6.42 Å². The Kier molecular flexibility index (Phi) is 4.49. The van der Waals surface area contributed by atoms with E-state index in [0.717, 1.165) is 17.8 Å². The third-order valence-electron chi connectivity index (χ3n) is 2.31. The Morgan fingerprint density at radius 3 is 2.69 bits per heavy atom. The number of carboxylic acids is 1. The highest BCUT2D eigenvalue weighted by atomic mass is 32.1. The van der Waals surface area contributed by atoms with E-state index in [4.69, 9.17) is 5.11 Å². The van der Waals surface area contributed by atoms with E-state index in [1.54, 1.807) is 6.07 Å². The fraction of sp³-hybridized carbons (Fsp3) is 0.455. The number of nitrogens with one attached hydrogen (secondary N) is 1. The van der Waals surface area contributed by atoms with Crippen molar-refractivity contribution in [3.63, 3.8) is 0 Å². The van der Waals surface area contributed by atoms with Crippen LogP contribution >= 0.6 is 11.3 Å². The molecule has 1 aromatic rings. The van der Waals surface area contributed by atoms with E-state index in [2.05, 4.69) is 5.32 Å². The molecule has 4 nitrogen and oxygen atoms in total. The molecule has 0 saturated carbocycles. The molecule has 1 unspecified atom stereocenters. The van der Waals surface area contributed by atoms with Gasteiger partial charge in [0.2, 0.25) is 5.91 Å². The molecule has 5 heteroatoms. The summed E-state index contributed by atoms with van der Waals surface area (Å²) in [7, 11) is 0. The molecule has 0 aliphatic heterocycles. The maximum Gasteiger partial charge on any atom is 0.345 e. The van der Waals surface area contributed by atoms with Crippen molar-refractivity contribution in [2.45, 2.75) is 26.7 Å². The fourth-order valence-electron chi connectivity index (χ4n) is 1.17. The molecule has 0 aliphatic rings. The van der Waals surface area contributed by atoms with E-state index in [9.17, 15) is 9.59 Å². The lowest BCUT2D eigenvalue weighted by atomic mass is 10.1. The van der Waals surface area contributed by atoms with Gasteiger partial charge in [0.1, 0.15) is 4.88 Å². The van der Waals surface area contributed by atoms with Gasteiger partial charge >= 0.3 is 5.97 Å². The average Bonchev–Trinajstić information content (AvgIpc) is 2.65. The Balaban J connectivity index is 2.53. The third kappa shape index (κ3) is 3.66. The first-order chi connectivity index (χ1) is 7.52. The normalized spacial score (nSPS) is 12.1. The van der Waals surface area contributed by atoms with E-state index in [0.29, 0.717) is 17.3 Å². The molecule has 1 atom stereocenters. The van der Waals surface area contributed by atoms with Gasteiger partial charge in [-0.1, -0.05) is 20.3 Å². The molecule has 2 N–H and O–H groups in total. The molecule has 16 heavy (non-hydrogen) atoms. The molecule has 88 valence electrons. The summed E-state index contributed by atoms with van der Waals surface area (Å²) in [6, 6.07) is 3.11. The lowest BCUT2D eigenvalue weighted by Gasteiger charge is -2.07. The largest absolute Gasteiger partial charge is 0.477 e. The Hall–Kier alpha value is -1.36. The number of anilines is 1. The molecule has 0 spiro atoms. The zero-order chi connectivity index (χ0) is 12.1. The Morgan fingerprint density at radius 1 is 1.50 bits per heavy atom. The second-order valence-corrected chi connectivity index (χ2v) is 4.82. The number of hydrogen-bond donors (Lipinski definition) is 2. The summed E-state index contributed by atoms with van der Waals surface area (Å²) in [5.41, 5.74) is 0. The molecule has 1 heterocycles. The van der Waals surface area contributed by atoms with Gasteiger partial charge in [0.05, 0.1) is 5.00 Å². The van der Waals surface area contributed by atoms with E-state index in [-0.39, 0.29) is 10.8 Å². The predicted molar refractivity (Wildman–Crippen MR) is 64.0 cm³/mol. The van der Waals surface area contributed by atoms with Crippen LogP contribution in [-0.4, -0.2) is 17.0 Å². The highest BCUT2D eigenvalue weighted by molar-refractivity contribution is 7.18. The van der Waals surface area contributed by atoms with E-state index in [1.807, 2.05) is 13.8 Å². The van der Waals surface area contributed by atoms with Gasteiger partial charge in [-0.3, -0.25) is 4.79 Å². The molecular formula is C11H15NO3S. The topological polar surface area (TPSA) is 66.4 Å². The Morgan fingerprint density at radius 2 is 2.19 bits per heavy atom. The Labute approximate surface area is 98.3 Å². The monoisotopic (exact) mass is 241 g/mol. The number of thiophene rings is 1. The van der Waals surface area contributed by atoms with E-state index in [1.165, 1.54) is 6.07 Å². The molecular weight excluding hydrogens is 226 g/mol. The second-order valence-electron chi connectivity index (χ2n) is 3.73. The van der Waals surface area contributed by atoms with Crippen molar-refractivity contribution in [3.05, 3.63) is 17.0 Å². The van der Waals surface area contributed by atoms with Crippen molar-refractivity contribution < 1.29 is 14.7 Å². The van der Waals surface area contributed by atoms with Gasteiger partial charge in [-0.2, -0.15) is 0 Å². The number of aromatic carboxylic acids is 1. The molecule has 0 aromatic carbocycles. The first-order valence-electron chi connectivity index (χ1n) is 5.16. The second kappa shape index (κ2) is 5.65. The summed E-state index contributed by atoms with van der Waals surface area (Å²) in [5, 5.41) is 12.0. The minimum Gasteiger partial charge on any atom is -0.477 e. The van der Waals surface area contributed by atoms with Crippen LogP contribution in [0.15, 0.2) is 12.1 Å². The molecule has 1 amide bonds. The van der Waals surface area contributed by atoms with Gasteiger partial charge < -0.3 is 10.4 Å². The predicted octanol–water partition coefficient (Wildman–Crippen LogP) is 2.82. The van der Waals surface area contributed by atoms with Gasteiger partial charge in [0.15, 0.2) is 0 Å². The van der Waals surface area contributed by atoms with Crippen LogP contribution in [0.3, 0.4) is 0 Å². The van der Waals surface area contributed by atoms with Crippen molar-refractivity contribution in [3.8, 4) is 0 Å². The maximum atomic E-state index is 11.5. The van der Waals surface area contributed by atoms with Gasteiger partial charge in [-0.05, 0) is 18.1 Å². The highest BCUT2D eigenvalue weighted by Crippen LogP contribution is 2.22. The van der Waals surface area contributed by atoms with Crippen LogP contribution in [0, 0.1) is 5.92 Å². The minimum atomic E-state index is -0.965. The summed E-state index contributed by atoms with van der Waals surface area (Å²) in [6.07, 6.45) is 1.43. The van der Waals surface area contributed by atoms with Crippen molar-refractivity contribution in [1.29, 1.82) is 0 Å². The minimum absolute atomic E-state index is 0.0619. The lowest BCUT2D eigenvalue weighted by Crippen LogP contribution is -2.13. The van der Waals surface area contributed by atoms with E-state index >= 15 is 0 Å². The van der Waals surface area contributed by atoms with Crippen LogP contribution < -0.4 is 5.32 Å². The van der Waals surface area contributed by atoms with Crippen LogP contribution in [-0.2, 0) is 4.79 Å². The average molecular weight is 241 g/mol. The Bertz CT molecular complexity index is 386. The molecule has 0 bridgehead atoms. The van der Waals surface area contributed by atoms with E-state index < -0.39 is 5.97 Å². The zero-order valence-corrected chi connectivity index (χ0v) is 10.1. The van der Waals surface area contributed by atoms with Crippen LogP contribution in [0.2, 0.25) is 0 Å². The van der Waals surface area contributed by atoms with Crippen molar-refractivity contribution in [2.24, 2.45) is 5.92 Å². The number of carbonyl (C=O) groups is 2. The standard InChI is InChI=1S/C11H15NO3S/c1-3-7(2)6-9(13)12-10-5-4-8(16-10)11(14)15/h4-5,7H,3,6H2,1-2H3,(H,12,13)(H,14,15). The first-order valence-corrected chi connectivity index (χ1v) is 5.97. The smallest absolute Gasteiger partial charge is 0.345 e. The van der Waals surface area contributed by atoms with Crippen LogP contribution in [0.25, 0.3) is 0 Å². The number of hydrogen-bond acceptors (Lipinski definition) is 3. The molecule has 0 radical (unpaired) electrons. The summed E-state index contributed by atoms with van der Waals surface area (Å²) in [5.74, 6) is -0.681. The van der Waals surface area contributed by atoms with Crippen LogP contribution in [0.5, 0.6) is 0 Å². The van der Waals surface area contributed by atoms with Gasteiger partial charge in [0.25, 0.3) is 0 Å². The lowest BCUT2D eigenvalue weighted by molar-refractivity contribution is -0.116. The zero-order valence-electron chi connectivity index (χ0n) is 9.32. The SMILES string of the molecule is CCC(C)CC(=O)Nc1ccc(C(=O)O)s1. The summed E-state index contributed by atoms with van der Waals surface area (Å²) in [6.45, 7) is 4.04. The fourth-order valence-corrected chi connectivity index (χ4v) is 1.93. The maximum absolute atomic E-state index is 11.5. The van der Waals surface area contributed by atoms with Crippen molar-refractivity contribution in [1.82, 2.24) is 0 Å². The van der Waals surface area contributed by atoms with Gasteiger partial charge in [-0.15, -0.1) is 11.3 Å². The number of carbonyl (C=O) groups excluding carboxylic acids is 1. The quantitative estimate of drug-likeness (QED) is 0.833. The van der Waals surface area contributed by atoms with Crippen LogP contribution in [0.4, 0.5) is 5.00 Å². The number of rotatable bonds is 5.